The number of aliphatic carboxylic acids is 1. The molecule has 10 heteroatoms. The number of nitrogens with two attached hydrogens (primary N) is 1. The largest absolute Gasteiger partial charge is 0.479 e. The van der Waals surface area contributed by atoms with E-state index in [1.807, 2.05) is 20.8 Å². The van der Waals surface area contributed by atoms with Crippen molar-refractivity contribution >= 4 is 22.1 Å². The summed E-state index contributed by atoms with van der Waals surface area (Å²) >= 11 is 0. The molecular weight excluding hydrogens is 396 g/mol. The molecule has 0 aliphatic heterocycles. The van der Waals surface area contributed by atoms with Gasteiger partial charge in [-0.15, -0.1) is 0 Å². The zero-order chi connectivity index (χ0) is 22.1. The van der Waals surface area contributed by atoms with Crippen molar-refractivity contribution in [3.63, 3.8) is 0 Å². The molecule has 0 heterocycles. The molecule has 0 spiro atoms. The highest BCUT2D eigenvalue weighted by Gasteiger charge is 2.39. The van der Waals surface area contributed by atoms with Crippen LogP contribution in [0.25, 0.3) is 0 Å². The lowest BCUT2D eigenvalue weighted by Gasteiger charge is -2.29. The van der Waals surface area contributed by atoms with Crippen LogP contribution in [-0.2, 0) is 19.8 Å². The molecule has 0 aromatic rings. The molecule has 0 aromatic carbocycles. The summed E-state index contributed by atoms with van der Waals surface area (Å²) in [6, 6.07) is -0.974. The first-order chi connectivity index (χ1) is 13.5. The Balaban J connectivity index is 2.92. The molecule has 1 unspecified atom stereocenters. The molecule has 0 bridgehead atoms. The van der Waals surface area contributed by atoms with Crippen molar-refractivity contribution in [2.45, 2.75) is 90.3 Å². The van der Waals surface area contributed by atoms with Crippen LogP contribution in [0.2, 0.25) is 0 Å². The number of amides is 1. The summed E-state index contributed by atoms with van der Waals surface area (Å²) in [5.41, 5.74) is 3.70. The Morgan fingerprint density at radius 1 is 1.21 bits per heavy atom. The van der Waals surface area contributed by atoms with Crippen LogP contribution in [-0.4, -0.2) is 43.7 Å². The van der Waals surface area contributed by atoms with E-state index in [1.54, 1.807) is 0 Å². The molecule has 1 fully saturated rings. The van der Waals surface area contributed by atoms with E-state index in [0.717, 1.165) is 32.1 Å². The summed E-state index contributed by atoms with van der Waals surface area (Å²) in [7, 11) is -4.31. The molecular formula is C19H38N4O5S. The fourth-order valence-corrected chi connectivity index (χ4v) is 4.81. The Kier molecular flexibility index (Phi) is 10.5. The molecule has 0 saturated heterocycles. The summed E-state index contributed by atoms with van der Waals surface area (Å²) in [5.74, 6) is -1.38. The monoisotopic (exact) mass is 434 g/mol. The number of hydrogen-bond acceptors (Lipinski definition) is 5. The third kappa shape index (κ3) is 9.41. The van der Waals surface area contributed by atoms with Crippen molar-refractivity contribution in [1.29, 1.82) is 0 Å². The number of carboxylic acid groups (broad SMARTS) is 1. The van der Waals surface area contributed by atoms with Gasteiger partial charge in [0.2, 0.25) is 5.91 Å². The van der Waals surface area contributed by atoms with Crippen molar-refractivity contribution in [2.75, 3.05) is 6.54 Å². The van der Waals surface area contributed by atoms with Gasteiger partial charge < -0.3 is 16.2 Å². The summed E-state index contributed by atoms with van der Waals surface area (Å²) < 4.78 is 29.7. The molecule has 0 radical (unpaired) electrons. The van der Waals surface area contributed by atoms with E-state index in [-0.39, 0.29) is 18.3 Å². The SMILES string of the molecule is CCCCC(N)(NS(=O)(=O)N[C@@H](CC1CCCCC1)C(=O)NCC(C)C)C(=O)O. The number of hydrogen-bond donors (Lipinski definition) is 5. The van der Waals surface area contributed by atoms with Crippen LogP contribution in [0.5, 0.6) is 0 Å². The number of unbranched alkanes of at least 4 members (excludes halogenated alkanes) is 1. The van der Waals surface area contributed by atoms with E-state index in [0.29, 0.717) is 25.8 Å². The molecule has 1 aliphatic rings. The molecule has 1 amide bonds. The Morgan fingerprint density at radius 2 is 1.83 bits per heavy atom. The molecule has 170 valence electrons. The predicted molar refractivity (Wildman–Crippen MR) is 112 cm³/mol. The zero-order valence-corrected chi connectivity index (χ0v) is 18.7. The van der Waals surface area contributed by atoms with Gasteiger partial charge >= 0.3 is 5.97 Å². The lowest BCUT2D eigenvalue weighted by molar-refractivity contribution is -0.144. The van der Waals surface area contributed by atoms with Crippen LogP contribution < -0.4 is 20.5 Å². The number of carboxylic acids is 1. The maximum Gasteiger partial charge on any atom is 0.339 e. The van der Waals surface area contributed by atoms with Gasteiger partial charge in [0.15, 0.2) is 5.66 Å². The van der Waals surface area contributed by atoms with Gasteiger partial charge in [-0.2, -0.15) is 17.9 Å². The van der Waals surface area contributed by atoms with Crippen LogP contribution >= 0.6 is 0 Å². The Labute approximate surface area is 174 Å². The minimum absolute atomic E-state index is 0.0490. The summed E-state index contributed by atoms with van der Waals surface area (Å²) in [5, 5.41) is 12.2. The van der Waals surface area contributed by atoms with Crippen LogP contribution in [0.3, 0.4) is 0 Å². The summed E-state index contributed by atoms with van der Waals surface area (Å²) in [6.45, 7) is 6.19. The second-order valence-electron chi connectivity index (χ2n) is 8.53. The van der Waals surface area contributed by atoms with E-state index >= 15 is 0 Å². The highest BCUT2D eigenvalue weighted by Crippen LogP contribution is 2.27. The average molecular weight is 435 g/mol. The summed E-state index contributed by atoms with van der Waals surface area (Å²) in [6.07, 6.45) is 6.65. The third-order valence-corrected chi connectivity index (χ3v) is 6.44. The second kappa shape index (κ2) is 11.8. The number of rotatable bonds is 13. The maximum atomic E-state index is 12.7. The van der Waals surface area contributed by atoms with Crippen molar-refractivity contribution in [1.82, 2.24) is 14.8 Å². The Bertz CT molecular complexity index is 635. The van der Waals surface area contributed by atoms with Crippen molar-refractivity contribution in [2.24, 2.45) is 17.6 Å². The lowest BCUT2D eigenvalue weighted by atomic mass is 9.85. The molecule has 1 aliphatic carbocycles. The van der Waals surface area contributed by atoms with E-state index in [9.17, 15) is 23.1 Å². The average Bonchev–Trinajstić information content (AvgIpc) is 2.64. The van der Waals surface area contributed by atoms with Crippen molar-refractivity contribution < 1.29 is 23.1 Å². The third-order valence-electron chi connectivity index (χ3n) is 5.22. The van der Waals surface area contributed by atoms with Gasteiger partial charge in [0.05, 0.1) is 0 Å². The summed E-state index contributed by atoms with van der Waals surface area (Å²) in [4.78, 5) is 24.2. The molecule has 1 saturated carbocycles. The molecule has 29 heavy (non-hydrogen) atoms. The van der Waals surface area contributed by atoms with Crippen LogP contribution in [0.15, 0.2) is 0 Å². The molecule has 9 nitrogen and oxygen atoms in total. The lowest BCUT2D eigenvalue weighted by Crippen LogP contribution is -2.65. The van der Waals surface area contributed by atoms with E-state index < -0.39 is 33.8 Å². The van der Waals surface area contributed by atoms with Crippen molar-refractivity contribution in [3.8, 4) is 0 Å². The highest BCUT2D eigenvalue weighted by atomic mass is 32.2. The number of nitrogens with one attached hydrogen (secondary N) is 3. The fourth-order valence-electron chi connectivity index (χ4n) is 3.51. The van der Waals surface area contributed by atoms with Crippen LogP contribution in [0, 0.1) is 11.8 Å². The first-order valence-corrected chi connectivity index (χ1v) is 12.1. The van der Waals surface area contributed by atoms with Gasteiger partial charge in [0.25, 0.3) is 10.2 Å². The smallest absolute Gasteiger partial charge is 0.339 e. The van der Waals surface area contributed by atoms with Crippen molar-refractivity contribution in [3.05, 3.63) is 0 Å². The van der Waals surface area contributed by atoms with Gasteiger partial charge in [0, 0.05) is 6.54 Å². The molecule has 2 atom stereocenters. The van der Waals surface area contributed by atoms with Gasteiger partial charge in [0.1, 0.15) is 6.04 Å². The normalized spacial score (nSPS) is 18.9. The van der Waals surface area contributed by atoms with Gasteiger partial charge in [-0.25, -0.2) is 4.79 Å². The highest BCUT2D eigenvalue weighted by molar-refractivity contribution is 7.87. The fraction of sp³-hybridized carbons (Fsp3) is 0.895. The van der Waals surface area contributed by atoms with E-state index in [1.165, 1.54) is 0 Å². The topological polar surface area (TPSA) is 151 Å². The quantitative estimate of drug-likeness (QED) is 0.277. The van der Waals surface area contributed by atoms with Gasteiger partial charge in [-0.3, -0.25) is 4.79 Å². The van der Waals surface area contributed by atoms with Gasteiger partial charge in [-0.1, -0.05) is 59.3 Å². The maximum absolute atomic E-state index is 12.7. The molecule has 6 N–H and O–H groups in total. The zero-order valence-electron chi connectivity index (χ0n) is 17.9. The minimum Gasteiger partial charge on any atom is -0.479 e. The molecule has 1 rings (SSSR count). The molecule has 0 aromatic heterocycles. The minimum atomic E-state index is -4.31. The Hall–Kier alpha value is -1.23. The standard InChI is InChI=1S/C19H38N4O5S/c1-4-5-11-19(20,18(25)26)23-29(27,28)22-16(17(24)21-13-14(2)3)12-15-9-7-6-8-10-15/h14-16,22-23H,4-13,20H2,1-3H3,(H,21,24)(H,25,26)/t16-,19?/m0/s1. The predicted octanol–water partition coefficient (Wildman–Crippen LogP) is 1.45. The van der Waals surface area contributed by atoms with E-state index in [2.05, 4.69) is 14.8 Å². The van der Waals surface area contributed by atoms with Gasteiger partial charge in [-0.05, 0) is 31.1 Å². The number of carbonyl (C=O) groups is 2. The van der Waals surface area contributed by atoms with E-state index in [4.69, 9.17) is 5.73 Å². The Morgan fingerprint density at radius 3 is 2.34 bits per heavy atom. The first-order valence-electron chi connectivity index (χ1n) is 10.6. The van der Waals surface area contributed by atoms with Crippen LogP contribution in [0.4, 0.5) is 0 Å². The number of carbonyl (C=O) groups excluding carboxylic acids is 1. The van der Waals surface area contributed by atoms with Crippen LogP contribution in [0.1, 0.15) is 78.6 Å². The second-order valence-corrected chi connectivity index (χ2v) is 9.98. The first kappa shape index (κ1) is 25.8.